The van der Waals surface area contributed by atoms with Crippen LogP contribution in [-0.2, 0) is 20.9 Å². The Morgan fingerprint density at radius 2 is 1.97 bits per heavy atom. The molecule has 7 atom stereocenters. The molecule has 3 N–H and O–H groups in total. The molecule has 0 radical (unpaired) electrons. The van der Waals surface area contributed by atoms with E-state index in [4.69, 9.17) is 0 Å². The van der Waals surface area contributed by atoms with Gasteiger partial charge in [0.2, 0.25) is 17.7 Å². The number of aliphatic hydroxyl groups excluding tert-OH is 1. The van der Waals surface area contributed by atoms with Gasteiger partial charge in [0.05, 0.1) is 29.2 Å². The summed E-state index contributed by atoms with van der Waals surface area (Å²) in [5.74, 6) is -1.35. The number of rotatable bonds is 9. The van der Waals surface area contributed by atoms with Gasteiger partial charge in [-0.05, 0) is 31.2 Å². The molecule has 180 valence electrons. The number of fused-ring (bicyclic) bond motifs is 1. The molecule has 0 aromatic heterocycles. The lowest BCUT2D eigenvalue weighted by molar-refractivity contribution is -0.142. The van der Waals surface area contributed by atoms with Gasteiger partial charge in [-0.1, -0.05) is 50.6 Å². The Bertz CT molecular complexity index is 897. The van der Waals surface area contributed by atoms with Crippen LogP contribution in [0.3, 0.4) is 0 Å². The fourth-order valence-corrected chi connectivity index (χ4v) is 8.42. The fourth-order valence-electron chi connectivity index (χ4n) is 6.01. The fraction of sp³-hybridized carbons (Fsp3) is 0.640. The first-order valence-electron chi connectivity index (χ1n) is 12.1. The Morgan fingerprint density at radius 3 is 2.64 bits per heavy atom. The summed E-state index contributed by atoms with van der Waals surface area (Å²) in [4.78, 5) is 42.2. The molecule has 7 nitrogen and oxygen atoms in total. The lowest BCUT2D eigenvalue weighted by Gasteiger charge is -2.39. The van der Waals surface area contributed by atoms with E-state index in [-0.39, 0.29) is 35.5 Å². The van der Waals surface area contributed by atoms with E-state index in [1.165, 1.54) is 0 Å². The second-order valence-corrected chi connectivity index (χ2v) is 11.2. The van der Waals surface area contributed by atoms with Crippen LogP contribution in [0.2, 0.25) is 0 Å². The van der Waals surface area contributed by atoms with Crippen LogP contribution in [0.1, 0.15) is 45.6 Å². The minimum atomic E-state index is -0.675. The minimum absolute atomic E-state index is 0.0160. The molecule has 1 aromatic carbocycles. The van der Waals surface area contributed by atoms with Crippen molar-refractivity contribution >= 4 is 29.5 Å². The normalized spacial score (nSPS) is 33.2. The van der Waals surface area contributed by atoms with E-state index in [1.807, 2.05) is 30.3 Å². The molecule has 3 fully saturated rings. The number of hydrogen-bond donors (Lipinski definition) is 3. The summed E-state index contributed by atoms with van der Waals surface area (Å²) < 4.78 is -0.643. The van der Waals surface area contributed by atoms with Gasteiger partial charge in [-0.15, -0.1) is 11.8 Å². The van der Waals surface area contributed by atoms with Gasteiger partial charge < -0.3 is 20.6 Å². The lowest BCUT2D eigenvalue weighted by atomic mass is 9.66. The van der Waals surface area contributed by atoms with E-state index in [0.29, 0.717) is 13.1 Å². The van der Waals surface area contributed by atoms with Crippen molar-refractivity contribution < 1.29 is 19.5 Å². The zero-order valence-corrected chi connectivity index (χ0v) is 20.4. The number of amides is 3. The highest BCUT2D eigenvalue weighted by atomic mass is 32.2. The lowest BCUT2D eigenvalue weighted by Crippen LogP contribution is -2.58. The van der Waals surface area contributed by atoms with Crippen molar-refractivity contribution in [3.8, 4) is 0 Å². The van der Waals surface area contributed by atoms with Crippen LogP contribution in [0.4, 0.5) is 0 Å². The van der Waals surface area contributed by atoms with Gasteiger partial charge in [0.25, 0.3) is 0 Å². The Morgan fingerprint density at radius 1 is 1.24 bits per heavy atom. The molecule has 3 heterocycles. The van der Waals surface area contributed by atoms with E-state index < -0.39 is 28.7 Å². The SMILES string of the molecule is CCCCNC(=O)C1N([C@H](C)CO)C(=O)[C@@H]2[C@H](C(=O)NCc3ccccc3)[C@@H]3CC(C)C12S3. The maximum Gasteiger partial charge on any atom is 0.244 e. The predicted octanol–water partition coefficient (Wildman–Crippen LogP) is 1.94. The molecule has 33 heavy (non-hydrogen) atoms. The van der Waals surface area contributed by atoms with Crippen LogP contribution < -0.4 is 10.6 Å². The van der Waals surface area contributed by atoms with Gasteiger partial charge in [0.15, 0.2) is 0 Å². The van der Waals surface area contributed by atoms with Crippen molar-refractivity contribution in [1.82, 2.24) is 15.5 Å². The number of likely N-dealkylation sites (tertiary alicyclic amines) is 1. The summed E-state index contributed by atoms with van der Waals surface area (Å²) in [6, 6.07) is 8.56. The third-order valence-electron chi connectivity index (χ3n) is 7.61. The summed E-state index contributed by atoms with van der Waals surface area (Å²) in [5.41, 5.74) is 1.01. The zero-order valence-electron chi connectivity index (χ0n) is 19.6. The molecule has 3 saturated heterocycles. The van der Waals surface area contributed by atoms with Crippen LogP contribution in [0.5, 0.6) is 0 Å². The van der Waals surface area contributed by atoms with E-state index >= 15 is 0 Å². The van der Waals surface area contributed by atoms with Gasteiger partial charge in [-0.3, -0.25) is 14.4 Å². The molecule has 2 bridgehead atoms. The number of thioether (sulfide) groups is 1. The summed E-state index contributed by atoms with van der Waals surface area (Å²) in [5, 5.41) is 16.0. The van der Waals surface area contributed by atoms with Gasteiger partial charge in [0.1, 0.15) is 6.04 Å². The molecule has 0 aliphatic carbocycles. The van der Waals surface area contributed by atoms with Crippen molar-refractivity contribution in [2.45, 2.75) is 68.7 Å². The molecule has 1 spiro atoms. The maximum atomic E-state index is 13.8. The number of unbranched alkanes of at least 4 members (excludes halogenated alkanes) is 1. The Kier molecular flexibility index (Phi) is 7.05. The quantitative estimate of drug-likeness (QED) is 0.476. The Hall–Kier alpha value is -2.06. The van der Waals surface area contributed by atoms with E-state index in [2.05, 4.69) is 24.5 Å². The van der Waals surface area contributed by atoms with Crippen LogP contribution in [0, 0.1) is 17.8 Å². The number of hydrogen-bond acceptors (Lipinski definition) is 5. The minimum Gasteiger partial charge on any atom is -0.394 e. The monoisotopic (exact) mass is 473 g/mol. The van der Waals surface area contributed by atoms with Crippen molar-refractivity contribution in [2.24, 2.45) is 17.8 Å². The van der Waals surface area contributed by atoms with Crippen LogP contribution >= 0.6 is 11.8 Å². The van der Waals surface area contributed by atoms with Gasteiger partial charge in [-0.2, -0.15) is 0 Å². The number of benzene rings is 1. The highest BCUT2D eigenvalue weighted by Gasteiger charge is 2.76. The molecule has 1 aromatic rings. The first kappa shape index (κ1) is 24.1. The largest absolute Gasteiger partial charge is 0.394 e. The van der Waals surface area contributed by atoms with E-state index in [9.17, 15) is 19.5 Å². The zero-order chi connectivity index (χ0) is 23.8. The average Bonchev–Trinajstić information content (AvgIpc) is 3.41. The molecule has 3 aliphatic heterocycles. The molecule has 3 aliphatic rings. The molecule has 3 amide bonds. The Balaban J connectivity index is 1.63. The number of nitrogens with zero attached hydrogens (tertiary/aromatic N) is 1. The van der Waals surface area contributed by atoms with Crippen LogP contribution in [-0.4, -0.2) is 63.0 Å². The third kappa shape index (κ3) is 3.95. The standard InChI is InChI=1S/C25H35N3O4S/c1-4-5-11-26-23(31)21-25-15(2)12-18(33-25)19(20(25)24(32)28(21)16(3)14-29)22(30)27-13-17-9-7-6-8-10-17/h6-10,15-16,18-21,29H,4-5,11-14H2,1-3H3,(H,26,31)(H,27,30)/t15?,16-,18+,19-,20+,21?,25?/m1/s1. The van der Waals surface area contributed by atoms with Crippen molar-refractivity contribution in [2.75, 3.05) is 13.2 Å². The van der Waals surface area contributed by atoms with Crippen LogP contribution in [0.25, 0.3) is 0 Å². The number of nitrogens with one attached hydrogen (secondary N) is 2. The summed E-state index contributed by atoms with van der Waals surface area (Å²) in [7, 11) is 0. The van der Waals surface area contributed by atoms with Crippen molar-refractivity contribution in [3.63, 3.8) is 0 Å². The van der Waals surface area contributed by atoms with Gasteiger partial charge >= 0.3 is 0 Å². The molecule has 0 saturated carbocycles. The second-order valence-electron chi connectivity index (χ2n) is 9.68. The van der Waals surface area contributed by atoms with E-state index in [1.54, 1.807) is 23.6 Å². The summed E-state index contributed by atoms with van der Waals surface area (Å²) in [6.45, 7) is 6.69. The maximum absolute atomic E-state index is 13.8. The summed E-state index contributed by atoms with van der Waals surface area (Å²) in [6.07, 6.45) is 2.64. The summed E-state index contributed by atoms with van der Waals surface area (Å²) >= 11 is 1.66. The molecule has 3 unspecified atom stereocenters. The topological polar surface area (TPSA) is 98.7 Å². The van der Waals surface area contributed by atoms with Crippen LogP contribution in [0.15, 0.2) is 30.3 Å². The molecule has 4 rings (SSSR count). The molecule has 8 heteroatoms. The second kappa shape index (κ2) is 9.66. The van der Waals surface area contributed by atoms with E-state index in [0.717, 1.165) is 24.8 Å². The van der Waals surface area contributed by atoms with Gasteiger partial charge in [0, 0.05) is 18.3 Å². The Labute approximate surface area is 200 Å². The number of aliphatic hydroxyl groups is 1. The smallest absolute Gasteiger partial charge is 0.244 e. The molecular formula is C25H35N3O4S. The highest BCUT2D eigenvalue weighted by molar-refractivity contribution is 8.02. The van der Waals surface area contributed by atoms with Crippen molar-refractivity contribution in [3.05, 3.63) is 35.9 Å². The van der Waals surface area contributed by atoms with Crippen molar-refractivity contribution in [1.29, 1.82) is 0 Å². The first-order valence-corrected chi connectivity index (χ1v) is 12.9. The molecular weight excluding hydrogens is 438 g/mol. The number of carbonyl (C=O) groups is 3. The predicted molar refractivity (Wildman–Crippen MR) is 128 cm³/mol. The average molecular weight is 474 g/mol. The first-order chi connectivity index (χ1) is 15.9. The third-order valence-corrected chi connectivity index (χ3v) is 9.69. The van der Waals surface area contributed by atoms with Gasteiger partial charge in [-0.25, -0.2) is 0 Å². The highest BCUT2D eigenvalue weighted by Crippen LogP contribution is 2.68. The number of carbonyl (C=O) groups excluding carboxylic acids is 3.